The second-order valence-electron chi connectivity index (χ2n) is 5.45. The first kappa shape index (κ1) is 18.3. The van der Waals surface area contributed by atoms with Crippen LogP contribution in [-0.2, 0) is 15.1 Å². The number of amides is 1. The highest BCUT2D eigenvalue weighted by Crippen LogP contribution is 2.25. The Bertz CT molecular complexity index is 732. The fourth-order valence-electron chi connectivity index (χ4n) is 2.53. The molecule has 1 atom stereocenters. The highest BCUT2D eigenvalue weighted by atomic mass is 16.5. The van der Waals surface area contributed by atoms with E-state index in [4.69, 9.17) is 9.47 Å². The molecule has 6 nitrogen and oxygen atoms in total. The fourth-order valence-corrected chi connectivity index (χ4v) is 2.53. The van der Waals surface area contributed by atoms with E-state index >= 15 is 0 Å². The molecule has 0 saturated heterocycles. The molecule has 0 fully saturated rings. The molecule has 0 heterocycles. The largest absolute Gasteiger partial charge is 0.497 e. The van der Waals surface area contributed by atoms with Gasteiger partial charge < -0.3 is 19.9 Å². The fraction of sp³-hybridized carbons (Fsp3) is 0.263. The molecule has 2 aromatic rings. The molecule has 0 saturated carbocycles. The van der Waals surface area contributed by atoms with Crippen molar-refractivity contribution < 1.29 is 24.2 Å². The van der Waals surface area contributed by atoms with E-state index < -0.39 is 17.4 Å². The van der Waals surface area contributed by atoms with Crippen LogP contribution in [0.3, 0.4) is 0 Å². The first-order chi connectivity index (χ1) is 12.0. The number of hydrogen-bond acceptors (Lipinski definition) is 4. The summed E-state index contributed by atoms with van der Waals surface area (Å²) in [7, 11) is 1.54. The van der Waals surface area contributed by atoms with Crippen molar-refractivity contribution in [1.82, 2.24) is 5.32 Å². The van der Waals surface area contributed by atoms with Gasteiger partial charge in [-0.25, -0.2) is 4.79 Å². The van der Waals surface area contributed by atoms with E-state index in [0.717, 1.165) is 0 Å². The highest BCUT2D eigenvalue weighted by Gasteiger charge is 2.40. The van der Waals surface area contributed by atoms with Crippen LogP contribution in [0.2, 0.25) is 0 Å². The topological polar surface area (TPSA) is 84.9 Å². The Balaban J connectivity index is 2.11. The molecule has 2 aromatic carbocycles. The number of ether oxygens (including phenoxy) is 2. The summed E-state index contributed by atoms with van der Waals surface area (Å²) >= 11 is 0. The first-order valence-electron chi connectivity index (χ1n) is 7.88. The van der Waals surface area contributed by atoms with Crippen LogP contribution in [0.5, 0.6) is 11.5 Å². The molecule has 1 amide bonds. The molecular weight excluding hydrogens is 322 g/mol. The maximum atomic E-state index is 12.3. The number of rotatable bonds is 8. The van der Waals surface area contributed by atoms with E-state index in [-0.39, 0.29) is 13.0 Å². The Morgan fingerprint density at radius 2 is 1.76 bits per heavy atom. The van der Waals surface area contributed by atoms with Gasteiger partial charge in [-0.15, -0.1) is 0 Å². The summed E-state index contributed by atoms with van der Waals surface area (Å²) in [4.78, 5) is 24.2. The van der Waals surface area contributed by atoms with Crippen LogP contribution in [0, 0.1) is 0 Å². The van der Waals surface area contributed by atoms with Crippen LogP contribution in [0.15, 0.2) is 54.6 Å². The average molecular weight is 343 g/mol. The predicted octanol–water partition coefficient (Wildman–Crippen LogP) is 2.58. The first-order valence-corrected chi connectivity index (χ1v) is 7.88. The summed E-state index contributed by atoms with van der Waals surface area (Å²) in [6.45, 7) is 1.42. The highest BCUT2D eigenvalue weighted by molar-refractivity contribution is 5.88. The average Bonchev–Trinajstić information content (AvgIpc) is 2.65. The quantitative estimate of drug-likeness (QED) is 0.769. The molecule has 25 heavy (non-hydrogen) atoms. The monoisotopic (exact) mass is 343 g/mol. The zero-order chi connectivity index (χ0) is 18.3. The van der Waals surface area contributed by atoms with Crippen molar-refractivity contribution in [2.75, 3.05) is 13.7 Å². The second kappa shape index (κ2) is 8.19. The van der Waals surface area contributed by atoms with Gasteiger partial charge in [0, 0.05) is 6.07 Å². The van der Waals surface area contributed by atoms with Crippen LogP contribution in [0.25, 0.3) is 0 Å². The molecule has 132 valence electrons. The van der Waals surface area contributed by atoms with Gasteiger partial charge in [-0.1, -0.05) is 43.3 Å². The minimum Gasteiger partial charge on any atom is -0.497 e. The third kappa shape index (κ3) is 4.29. The van der Waals surface area contributed by atoms with Gasteiger partial charge in [0.05, 0.1) is 7.11 Å². The Hall–Kier alpha value is -3.02. The molecular formula is C19H21NO5. The van der Waals surface area contributed by atoms with Crippen molar-refractivity contribution >= 4 is 11.9 Å². The van der Waals surface area contributed by atoms with Crippen LogP contribution in [0.1, 0.15) is 18.9 Å². The normalized spacial score (nSPS) is 12.7. The summed E-state index contributed by atoms with van der Waals surface area (Å²) in [5.74, 6) is -0.561. The van der Waals surface area contributed by atoms with E-state index in [1.807, 2.05) is 0 Å². The summed E-state index contributed by atoms with van der Waals surface area (Å²) in [6, 6.07) is 15.5. The van der Waals surface area contributed by atoms with Crippen molar-refractivity contribution in [3.8, 4) is 11.5 Å². The van der Waals surface area contributed by atoms with Gasteiger partial charge in [-0.05, 0) is 24.1 Å². The number of methoxy groups -OCH3 is 1. The molecule has 0 aliphatic carbocycles. The van der Waals surface area contributed by atoms with E-state index in [9.17, 15) is 14.7 Å². The maximum Gasteiger partial charge on any atom is 0.334 e. The maximum absolute atomic E-state index is 12.3. The van der Waals surface area contributed by atoms with Gasteiger partial charge >= 0.3 is 5.97 Å². The third-order valence-electron chi connectivity index (χ3n) is 3.93. The lowest BCUT2D eigenvalue weighted by Gasteiger charge is -2.30. The standard InChI is InChI=1S/C19H21NO5/c1-3-19(18(22)23,14-8-5-4-6-9-14)20-17(21)13-25-16-11-7-10-15(12-16)24-2/h4-12H,3,13H2,1-2H3,(H,20,21)(H,22,23). The van der Waals surface area contributed by atoms with Gasteiger partial charge in [0.2, 0.25) is 0 Å². The molecule has 6 heteroatoms. The van der Waals surface area contributed by atoms with Crippen molar-refractivity contribution in [2.45, 2.75) is 18.9 Å². The lowest BCUT2D eigenvalue weighted by molar-refractivity contribution is -0.148. The van der Waals surface area contributed by atoms with E-state index in [0.29, 0.717) is 17.1 Å². The Morgan fingerprint density at radius 1 is 1.08 bits per heavy atom. The van der Waals surface area contributed by atoms with Crippen molar-refractivity contribution in [3.63, 3.8) is 0 Å². The minimum absolute atomic E-state index is 0.206. The second-order valence-corrected chi connectivity index (χ2v) is 5.45. The molecule has 0 bridgehead atoms. The summed E-state index contributed by atoms with van der Waals surface area (Å²) in [5, 5.41) is 12.3. The number of hydrogen-bond donors (Lipinski definition) is 2. The lowest BCUT2D eigenvalue weighted by atomic mass is 9.87. The SMILES string of the molecule is CCC(NC(=O)COc1cccc(OC)c1)(C(=O)O)c1ccccc1. The summed E-state index contributed by atoms with van der Waals surface area (Å²) < 4.78 is 10.5. The number of nitrogens with one attached hydrogen (secondary N) is 1. The Morgan fingerprint density at radius 3 is 2.36 bits per heavy atom. The van der Waals surface area contributed by atoms with Gasteiger partial charge in [-0.3, -0.25) is 4.79 Å². The smallest absolute Gasteiger partial charge is 0.334 e. The third-order valence-corrected chi connectivity index (χ3v) is 3.93. The van der Waals surface area contributed by atoms with Crippen LogP contribution in [0.4, 0.5) is 0 Å². The van der Waals surface area contributed by atoms with Crippen LogP contribution in [-0.4, -0.2) is 30.7 Å². The molecule has 0 aliphatic heterocycles. The van der Waals surface area contributed by atoms with Gasteiger partial charge in [-0.2, -0.15) is 0 Å². The van der Waals surface area contributed by atoms with Gasteiger partial charge in [0.25, 0.3) is 5.91 Å². The number of carbonyl (C=O) groups is 2. The van der Waals surface area contributed by atoms with Gasteiger partial charge in [0.1, 0.15) is 11.5 Å². The molecule has 0 spiro atoms. The zero-order valence-corrected chi connectivity index (χ0v) is 14.2. The molecule has 0 radical (unpaired) electrons. The Labute approximate surface area is 146 Å². The van der Waals surface area contributed by atoms with Crippen molar-refractivity contribution in [2.24, 2.45) is 0 Å². The molecule has 0 aromatic heterocycles. The number of carboxylic acid groups (broad SMARTS) is 1. The molecule has 0 aliphatic rings. The van der Waals surface area contributed by atoms with E-state index in [1.54, 1.807) is 61.5 Å². The number of aliphatic carboxylic acids is 1. The number of benzene rings is 2. The molecule has 2 N–H and O–H groups in total. The number of carbonyl (C=O) groups excluding carboxylic acids is 1. The Kier molecular flexibility index (Phi) is 6.00. The van der Waals surface area contributed by atoms with Crippen LogP contribution >= 0.6 is 0 Å². The lowest BCUT2D eigenvalue weighted by Crippen LogP contribution is -2.52. The molecule has 1 unspecified atom stereocenters. The van der Waals surface area contributed by atoms with Crippen molar-refractivity contribution in [1.29, 1.82) is 0 Å². The van der Waals surface area contributed by atoms with Crippen molar-refractivity contribution in [3.05, 3.63) is 60.2 Å². The van der Waals surface area contributed by atoms with E-state index in [1.165, 1.54) is 7.11 Å². The zero-order valence-electron chi connectivity index (χ0n) is 14.2. The minimum atomic E-state index is -1.49. The van der Waals surface area contributed by atoms with E-state index in [2.05, 4.69) is 5.32 Å². The predicted molar refractivity (Wildman–Crippen MR) is 92.7 cm³/mol. The van der Waals surface area contributed by atoms with Crippen LogP contribution < -0.4 is 14.8 Å². The summed E-state index contributed by atoms with van der Waals surface area (Å²) in [6.07, 6.45) is 0.206. The summed E-state index contributed by atoms with van der Waals surface area (Å²) in [5.41, 5.74) is -0.976. The number of carboxylic acids is 1. The van der Waals surface area contributed by atoms with Gasteiger partial charge in [0.15, 0.2) is 12.1 Å². The molecule has 2 rings (SSSR count).